The minimum Gasteiger partial charge on any atom is -0.391 e. The summed E-state index contributed by atoms with van der Waals surface area (Å²) in [6, 6.07) is -0.0588. The van der Waals surface area contributed by atoms with Crippen LogP contribution < -0.4 is 0 Å². The largest absolute Gasteiger partial charge is 0.391 e. The summed E-state index contributed by atoms with van der Waals surface area (Å²) in [5.74, 6) is 0.508. The summed E-state index contributed by atoms with van der Waals surface area (Å²) >= 11 is 1.31. The van der Waals surface area contributed by atoms with Crippen LogP contribution in [0.3, 0.4) is 0 Å². The van der Waals surface area contributed by atoms with Crippen LogP contribution in [-0.4, -0.2) is 30.4 Å². The summed E-state index contributed by atoms with van der Waals surface area (Å²) in [5, 5.41) is 11.1. The van der Waals surface area contributed by atoms with E-state index in [2.05, 4.69) is 0 Å². The molecule has 1 aromatic heterocycles. The van der Waals surface area contributed by atoms with Gasteiger partial charge < -0.3 is 5.11 Å². The summed E-state index contributed by atoms with van der Waals surface area (Å²) in [6.07, 6.45) is 2.24. The Labute approximate surface area is 119 Å². The lowest BCUT2D eigenvalue weighted by Gasteiger charge is -2.26. The zero-order valence-electron chi connectivity index (χ0n) is 11.6. The number of thiophene rings is 1. The van der Waals surface area contributed by atoms with Crippen molar-refractivity contribution in [2.75, 3.05) is 6.54 Å². The molecular formula is C13H21NO3S2. The monoisotopic (exact) mass is 303 g/mol. The van der Waals surface area contributed by atoms with Gasteiger partial charge in [0.2, 0.25) is 10.0 Å². The van der Waals surface area contributed by atoms with Crippen LogP contribution in [0.1, 0.15) is 37.1 Å². The van der Waals surface area contributed by atoms with Gasteiger partial charge in [0.05, 0.1) is 11.5 Å². The normalized spacial score (nSPS) is 16.5. The van der Waals surface area contributed by atoms with Gasteiger partial charge in [0.1, 0.15) is 4.90 Å². The molecule has 1 saturated carbocycles. The molecule has 1 heterocycles. The highest BCUT2D eigenvalue weighted by molar-refractivity contribution is 7.89. The lowest BCUT2D eigenvalue weighted by atomic mass is 10.3. The van der Waals surface area contributed by atoms with Gasteiger partial charge in [0, 0.05) is 12.6 Å². The molecule has 0 radical (unpaired) electrons. The van der Waals surface area contributed by atoms with Crippen LogP contribution in [0.5, 0.6) is 0 Å². The first-order chi connectivity index (χ1) is 8.87. The number of aliphatic hydroxyl groups is 1. The highest BCUT2D eigenvalue weighted by Gasteiger charge is 2.35. The third kappa shape index (κ3) is 3.02. The minimum absolute atomic E-state index is 0.0588. The van der Waals surface area contributed by atoms with E-state index in [0.717, 1.165) is 18.4 Å². The molecule has 0 bridgehead atoms. The van der Waals surface area contributed by atoms with Crippen LogP contribution >= 0.6 is 11.3 Å². The molecule has 0 aromatic carbocycles. The van der Waals surface area contributed by atoms with E-state index in [1.165, 1.54) is 11.3 Å². The second-order valence-electron chi connectivity index (χ2n) is 5.44. The van der Waals surface area contributed by atoms with E-state index < -0.39 is 10.0 Å². The van der Waals surface area contributed by atoms with Crippen molar-refractivity contribution in [2.45, 2.75) is 51.2 Å². The van der Waals surface area contributed by atoms with Crippen molar-refractivity contribution in [3.8, 4) is 0 Å². The molecule has 19 heavy (non-hydrogen) atoms. The van der Waals surface area contributed by atoms with Gasteiger partial charge in [-0.15, -0.1) is 11.3 Å². The quantitative estimate of drug-likeness (QED) is 0.877. The molecule has 0 saturated heterocycles. The first-order valence-corrected chi connectivity index (χ1v) is 8.89. The second-order valence-corrected chi connectivity index (χ2v) is 8.23. The van der Waals surface area contributed by atoms with Crippen molar-refractivity contribution < 1.29 is 13.5 Å². The van der Waals surface area contributed by atoms with Crippen molar-refractivity contribution in [1.82, 2.24) is 4.31 Å². The van der Waals surface area contributed by atoms with Crippen molar-refractivity contribution in [3.05, 3.63) is 15.8 Å². The smallest absolute Gasteiger partial charge is 0.244 e. The first kappa shape index (κ1) is 15.0. The van der Waals surface area contributed by atoms with Gasteiger partial charge >= 0.3 is 0 Å². The fraction of sp³-hybridized carbons (Fsp3) is 0.692. The molecule has 1 fully saturated rings. The van der Waals surface area contributed by atoms with Crippen molar-refractivity contribution in [3.63, 3.8) is 0 Å². The van der Waals surface area contributed by atoms with Crippen LogP contribution in [0.4, 0.5) is 0 Å². The van der Waals surface area contributed by atoms with E-state index in [1.807, 2.05) is 13.8 Å². The van der Waals surface area contributed by atoms with Gasteiger partial charge in [-0.3, -0.25) is 0 Å². The lowest BCUT2D eigenvalue weighted by molar-refractivity contribution is 0.281. The SMILES string of the molecule is Cc1csc(CO)c1S(=O)(=O)N(CC1CC1)C(C)C. The van der Waals surface area contributed by atoms with Crippen LogP contribution in [0.25, 0.3) is 0 Å². The molecule has 2 rings (SSSR count). The predicted molar refractivity (Wildman–Crippen MR) is 76.7 cm³/mol. The zero-order valence-corrected chi connectivity index (χ0v) is 13.2. The maximum Gasteiger partial charge on any atom is 0.244 e. The summed E-state index contributed by atoms with van der Waals surface area (Å²) < 4.78 is 27.2. The van der Waals surface area contributed by atoms with E-state index in [0.29, 0.717) is 22.2 Å². The van der Waals surface area contributed by atoms with E-state index in [4.69, 9.17) is 0 Å². The van der Waals surface area contributed by atoms with E-state index in [1.54, 1.807) is 16.6 Å². The summed E-state index contributed by atoms with van der Waals surface area (Å²) in [7, 11) is -3.50. The van der Waals surface area contributed by atoms with Crippen molar-refractivity contribution >= 4 is 21.4 Å². The van der Waals surface area contributed by atoms with E-state index in [9.17, 15) is 13.5 Å². The van der Waals surface area contributed by atoms with Crippen LogP contribution in [0.2, 0.25) is 0 Å². The van der Waals surface area contributed by atoms with Gasteiger partial charge in [-0.05, 0) is 50.5 Å². The molecule has 0 aliphatic heterocycles. The Balaban J connectivity index is 2.40. The Kier molecular flexibility index (Phi) is 4.35. The minimum atomic E-state index is -3.50. The molecule has 1 N–H and O–H groups in total. The summed E-state index contributed by atoms with van der Waals surface area (Å²) in [4.78, 5) is 0.855. The number of rotatable bonds is 6. The third-order valence-corrected chi connectivity index (χ3v) is 6.90. The molecule has 1 aliphatic carbocycles. The number of sulfonamides is 1. The van der Waals surface area contributed by atoms with Gasteiger partial charge in [-0.25, -0.2) is 8.42 Å². The Bertz CT molecular complexity index is 544. The lowest BCUT2D eigenvalue weighted by Crippen LogP contribution is -2.38. The molecule has 6 heteroatoms. The molecule has 4 nitrogen and oxygen atoms in total. The molecule has 0 unspecified atom stereocenters. The molecule has 0 spiro atoms. The summed E-state index contributed by atoms with van der Waals surface area (Å²) in [6.45, 7) is 5.97. The molecule has 108 valence electrons. The number of aliphatic hydroxyl groups excluding tert-OH is 1. The Morgan fingerprint density at radius 3 is 2.58 bits per heavy atom. The average Bonchev–Trinajstić information content (AvgIpc) is 3.07. The van der Waals surface area contributed by atoms with Crippen LogP contribution in [-0.2, 0) is 16.6 Å². The van der Waals surface area contributed by atoms with Crippen LogP contribution in [0, 0.1) is 12.8 Å². The Hall–Kier alpha value is -0.430. The Morgan fingerprint density at radius 1 is 1.47 bits per heavy atom. The van der Waals surface area contributed by atoms with Gasteiger partial charge in [0.15, 0.2) is 0 Å². The fourth-order valence-corrected chi connectivity index (χ4v) is 5.53. The number of nitrogens with zero attached hydrogens (tertiary/aromatic N) is 1. The predicted octanol–water partition coefficient (Wildman–Crippen LogP) is 2.36. The Morgan fingerprint density at radius 2 is 2.11 bits per heavy atom. The maximum atomic E-state index is 12.8. The van der Waals surface area contributed by atoms with Crippen LogP contribution in [0.15, 0.2) is 10.3 Å². The second kappa shape index (κ2) is 5.52. The standard InChI is InChI=1S/C13H21NO3S2/c1-9(2)14(6-11-4-5-11)19(16,17)13-10(3)8-18-12(13)7-15/h8-9,11,15H,4-7H2,1-3H3. The van der Waals surface area contributed by atoms with Crippen molar-refractivity contribution in [2.24, 2.45) is 5.92 Å². The first-order valence-electron chi connectivity index (χ1n) is 6.57. The highest BCUT2D eigenvalue weighted by Crippen LogP contribution is 2.35. The number of hydrogen-bond acceptors (Lipinski definition) is 4. The number of hydrogen-bond donors (Lipinski definition) is 1. The molecule has 1 aliphatic rings. The zero-order chi connectivity index (χ0) is 14.2. The third-order valence-electron chi connectivity index (χ3n) is 3.41. The van der Waals surface area contributed by atoms with Gasteiger partial charge in [0.25, 0.3) is 0 Å². The van der Waals surface area contributed by atoms with E-state index >= 15 is 0 Å². The van der Waals surface area contributed by atoms with Crippen molar-refractivity contribution in [1.29, 1.82) is 0 Å². The molecule has 0 amide bonds. The highest BCUT2D eigenvalue weighted by atomic mass is 32.2. The van der Waals surface area contributed by atoms with Gasteiger partial charge in [-0.2, -0.15) is 4.31 Å². The topological polar surface area (TPSA) is 57.6 Å². The fourth-order valence-electron chi connectivity index (χ4n) is 2.20. The average molecular weight is 303 g/mol. The summed E-state index contributed by atoms with van der Waals surface area (Å²) in [5.41, 5.74) is 0.732. The molecule has 1 aromatic rings. The van der Waals surface area contributed by atoms with Gasteiger partial charge in [-0.1, -0.05) is 0 Å². The molecular weight excluding hydrogens is 282 g/mol. The number of aryl methyl sites for hydroxylation is 1. The molecule has 0 atom stereocenters. The maximum absolute atomic E-state index is 12.8. The van der Waals surface area contributed by atoms with E-state index in [-0.39, 0.29) is 12.6 Å².